The van der Waals surface area contributed by atoms with Crippen molar-refractivity contribution in [3.63, 3.8) is 0 Å². The van der Waals surface area contributed by atoms with Crippen LogP contribution in [-0.4, -0.2) is 11.0 Å². The third kappa shape index (κ3) is 4.50. The van der Waals surface area contributed by atoms with Crippen LogP contribution in [-0.2, 0) is 0 Å². The van der Waals surface area contributed by atoms with E-state index in [0.717, 1.165) is 0 Å². The molecule has 3 aromatic carbocycles. The first-order valence-corrected chi connectivity index (χ1v) is 9.60. The maximum Gasteiger partial charge on any atom is 0.572 e. The Bertz CT molecular complexity index is 662. The summed E-state index contributed by atoms with van der Waals surface area (Å²) in [7, 11) is -3.18. The zero-order valence-electron chi connectivity index (χ0n) is 13.9. The highest BCUT2D eigenvalue weighted by molar-refractivity contribution is 7.63. The van der Waals surface area contributed by atoms with Crippen molar-refractivity contribution in [1.29, 1.82) is 0 Å². The molecule has 1 unspecified atom stereocenters. The van der Waals surface area contributed by atoms with Gasteiger partial charge in [-0.3, -0.25) is 13.6 Å². The Balaban J connectivity index is 1.97. The molecule has 1 atom stereocenters. The normalized spacial score (nSPS) is 12.2. The molecule has 0 bridgehead atoms. The molecule has 0 saturated heterocycles. The van der Waals surface area contributed by atoms with Crippen LogP contribution in [0.3, 0.4) is 0 Å². The van der Waals surface area contributed by atoms with E-state index in [2.05, 4.69) is 0 Å². The minimum atomic E-state index is -3.18. The smallest absolute Gasteiger partial charge is 0.351 e. The summed E-state index contributed by atoms with van der Waals surface area (Å²) in [5.74, 6) is 0.754. The molecule has 0 spiro atoms. The van der Waals surface area contributed by atoms with Crippen molar-refractivity contribution in [3.8, 4) is 17.2 Å². The Kier molecular flexibility index (Phi) is 5.54. The highest BCUT2D eigenvalue weighted by Crippen LogP contribution is 2.63. The predicted octanol–water partition coefficient (Wildman–Crippen LogP) is 5.32. The fourth-order valence-corrected chi connectivity index (χ4v) is 3.99. The first-order valence-electron chi connectivity index (χ1n) is 7.99. The van der Waals surface area contributed by atoms with Gasteiger partial charge in [-0.15, -0.1) is 0 Å². The van der Waals surface area contributed by atoms with Crippen LogP contribution in [0.15, 0.2) is 91.0 Å². The molecule has 0 saturated carbocycles. The number of aliphatic hydroxyl groups is 1. The number of hydrogen-bond acceptors (Lipinski definition) is 4. The molecular weight excluding hydrogens is 335 g/mol. The molecule has 1 N–H and O–H groups in total. The first kappa shape index (κ1) is 17.3. The standard InChI is InChI=1S/C20H20O4P/c1-17(21)25(22-18-11-5-2-6-12-18,23-19-13-7-3-8-14-19)24-20-15-9-4-10-16-20/h2-17,21H,1H3/q+1. The molecule has 0 radical (unpaired) electrons. The SMILES string of the molecule is CC(O)[P+](Oc1ccccc1)(Oc1ccccc1)Oc1ccccc1. The lowest BCUT2D eigenvalue weighted by Gasteiger charge is -2.24. The van der Waals surface area contributed by atoms with E-state index in [1.807, 2.05) is 54.6 Å². The number of benzene rings is 3. The molecule has 3 rings (SSSR count). The van der Waals surface area contributed by atoms with Crippen molar-refractivity contribution in [1.82, 2.24) is 0 Å². The van der Waals surface area contributed by atoms with Crippen molar-refractivity contribution in [3.05, 3.63) is 91.0 Å². The molecule has 0 aliphatic rings. The van der Waals surface area contributed by atoms with E-state index in [9.17, 15) is 5.11 Å². The van der Waals surface area contributed by atoms with Gasteiger partial charge in [-0.2, -0.15) is 0 Å². The lowest BCUT2D eigenvalue weighted by Crippen LogP contribution is -2.24. The third-order valence-corrected chi connectivity index (χ3v) is 5.70. The highest BCUT2D eigenvalue weighted by atomic mass is 31.2. The molecule has 4 nitrogen and oxygen atoms in total. The van der Waals surface area contributed by atoms with Crippen LogP contribution < -0.4 is 13.6 Å². The summed E-state index contributed by atoms with van der Waals surface area (Å²) in [5, 5.41) is 10.5. The Hall–Kier alpha value is -2.55. The molecular formula is C20H20O4P+. The van der Waals surface area contributed by atoms with Crippen LogP contribution in [0.1, 0.15) is 6.92 Å². The fraction of sp³-hybridized carbons (Fsp3) is 0.100. The van der Waals surface area contributed by atoms with Gasteiger partial charge in [0.1, 0.15) is 0 Å². The topological polar surface area (TPSA) is 47.9 Å². The van der Waals surface area contributed by atoms with Crippen molar-refractivity contribution in [2.45, 2.75) is 12.8 Å². The predicted molar refractivity (Wildman–Crippen MR) is 99.8 cm³/mol. The van der Waals surface area contributed by atoms with Crippen LogP contribution in [0.5, 0.6) is 17.2 Å². The van der Waals surface area contributed by atoms with Crippen LogP contribution in [0, 0.1) is 0 Å². The van der Waals surface area contributed by atoms with E-state index in [0.29, 0.717) is 17.2 Å². The average molecular weight is 355 g/mol. The second-order valence-corrected chi connectivity index (χ2v) is 7.76. The summed E-state index contributed by atoms with van der Waals surface area (Å²) in [4.78, 5) is 0. The number of para-hydroxylation sites is 3. The highest BCUT2D eigenvalue weighted by Gasteiger charge is 2.56. The molecule has 5 heteroatoms. The zero-order chi connectivity index (χ0) is 17.5. The Labute approximate surface area is 148 Å². The molecule has 0 fully saturated rings. The molecule has 0 heterocycles. The van der Waals surface area contributed by atoms with E-state index in [-0.39, 0.29) is 0 Å². The van der Waals surface area contributed by atoms with Gasteiger partial charge in [0.2, 0.25) is 0 Å². The third-order valence-electron chi connectivity index (χ3n) is 3.39. The van der Waals surface area contributed by atoms with E-state index in [4.69, 9.17) is 13.6 Å². The van der Waals surface area contributed by atoms with Crippen LogP contribution in [0.4, 0.5) is 0 Å². The van der Waals surface area contributed by atoms with Crippen molar-refractivity contribution in [2.75, 3.05) is 0 Å². The average Bonchev–Trinajstić information content (AvgIpc) is 2.64. The number of rotatable bonds is 7. The monoisotopic (exact) mass is 355 g/mol. The lowest BCUT2D eigenvalue weighted by atomic mass is 10.3. The van der Waals surface area contributed by atoms with E-state index < -0.39 is 13.8 Å². The van der Waals surface area contributed by atoms with E-state index in [1.54, 1.807) is 43.3 Å². The van der Waals surface area contributed by atoms with Gasteiger partial charge < -0.3 is 5.11 Å². The summed E-state index contributed by atoms with van der Waals surface area (Å²) in [6, 6.07) is 27.7. The Morgan fingerprint density at radius 2 is 0.880 bits per heavy atom. The van der Waals surface area contributed by atoms with Crippen molar-refractivity contribution >= 4 is 7.94 Å². The molecule has 0 aromatic heterocycles. The molecule has 0 aliphatic heterocycles. The minimum absolute atomic E-state index is 0.573. The summed E-state index contributed by atoms with van der Waals surface area (Å²) in [6.45, 7) is 1.61. The quantitative estimate of drug-likeness (QED) is 0.583. The van der Waals surface area contributed by atoms with Gasteiger partial charge in [-0.1, -0.05) is 54.6 Å². The van der Waals surface area contributed by atoms with Gasteiger partial charge >= 0.3 is 7.94 Å². The van der Waals surface area contributed by atoms with Gasteiger partial charge in [0.25, 0.3) is 5.85 Å². The van der Waals surface area contributed by atoms with E-state index in [1.165, 1.54) is 0 Å². The number of aliphatic hydroxyl groups excluding tert-OH is 1. The number of hydrogen-bond donors (Lipinski definition) is 1. The summed E-state index contributed by atoms with van der Waals surface area (Å²) >= 11 is 0. The largest absolute Gasteiger partial charge is 0.572 e. The molecule has 0 aliphatic carbocycles. The van der Waals surface area contributed by atoms with Gasteiger partial charge in [0.15, 0.2) is 17.2 Å². The van der Waals surface area contributed by atoms with E-state index >= 15 is 0 Å². The van der Waals surface area contributed by atoms with Crippen LogP contribution >= 0.6 is 7.94 Å². The summed E-state index contributed by atoms with van der Waals surface area (Å²) in [6.07, 6.45) is 0. The summed E-state index contributed by atoms with van der Waals surface area (Å²) < 4.78 is 18.3. The maximum absolute atomic E-state index is 10.5. The zero-order valence-corrected chi connectivity index (χ0v) is 14.8. The van der Waals surface area contributed by atoms with Crippen molar-refractivity contribution < 1.29 is 18.7 Å². The van der Waals surface area contributed by atoms with Gasteiger partial charge in [-0.25, -0.2) is 0 Å². The summed E-state index contributed by atoms with van der Waals surface area (Å²) in [5.41, 5.74) is 0. The Morgan fingerprint density at radius 1 is 0.600 bits per heavy atom. The molecule has 0 amide bonds. The molecule has 25 heavy (non-hydrogen) atoms. The molecule has 128 valence electrons. The van der Waals surface area contributed by atoms with Gasteiger partial charge in [0, 0.05) is 6.92 Å². The maximum atomic E-state index is 10.5. The fourth-order valence-electron chi connectivity index (χ4n) is 2.17. The van der Waals surface area contributed by atoms with Gasteiger partial charge in [0.05, 0.1) is 0 Å². The van der Waals surface area contributed by atoms with Crippen LogP contribution in [0.2, 0.25) is 0 Å². The first-order chi connectivity index (χ1) is 12.2. The lowest BCUT2D eigenvalue weighted by molar-refractivity contribution is 0.209. The van der Waals surface area contributed by atoms with Crippen LogP contribution in [0.25, 0.3) is 0 Å². The second-order valence-electron chi connectivity index (χ2n) is 5.38. The second kappa shape index (κ2) is 8.02. The Morgan fingerprint density at radius 3 is 1.12 bits per heavy atom. The van der Waals surface area contributed by atoms with Crippen molar-refractivity contribution in [2.24, 2.45) is 0 Å². The minimum Gasteiger partial charge on any atom is -0.351 e. The van der Waals surface area contributed by atoms with Gasteiger partial charge in [-0.05, 0) is 36.4 Å². The molecule has 3 aromatic rings.